The number of hydrogen-bond donors (Lipinski definition) is 2. The van der Waals surface area contributed by atoms with Crippen LogP contribution >= 0.6 is 11.6 Å². The van der Waals surface area contributed by atoms with Crippen LogP contribution in [0.15, 0.2) is 47.1 Å². The monoisotopic (exact) mass is 410 g/mol. The average molecular weight is 411 g/mol. The molecule has 0 saturated carbocycles. The smallest absolute Gasteiger partial charge is 0.239 e. The van der Waals surface area contributed by atoms with Gasteiger partial charge in [0.1, 0.15) is 17.6 Å². The van der Waals surface area contributed by atoms with Crippen molar-refractivity contribution in [2.75, 3.05) is 11.9 Å². The number of anilines is 1. The Hall–Kier alpha value is -3.01. The zero-order valence-corrected chi connectivity index (χ0v) is 17.4. The summed E-state index contributed by atoms with van der Waals surface area (Å²) in [6, 6.07) is 13.3. The summed E-state index contributed by atoms with van der Waals surface area (Å²) in [7, 11) is 0. The number of hydrogen-bond acceptors (Lipinski definition) is 4. The molecule has 0 fully saturated rings. The maximum Gasteiger partial charge on any atom is 0.239 e. The molecule has 7 heteroatoms. The molecule has 0 radical (unpaired) electrons. The molecule has 0 unspecified atom stereocenters. The van der Waals surface area contributed by atoms with Crippen LogP contribution < -0.4 is 10.6 Å². The van der Waals surface area contributed by atoms with Crippen molar-refractivity contribution in [1.82, 2.24) is 9.88 Å². The standard InChI is InChI=1S/C22H23ClN4O2/c1-14-16(3)27(13-19-8-5-9-29-19)22(20(14)11-24)26-21(28)12-25-15(2)17-6-4-7-18(23)10-17/h4-10,15,25H,12-13H2,1-3H3,(H,26,28)/t15-/m1/s1. The molecule has 0 saturated heterocycles. The fourth-order valence-corrected chi connectivity index (χ4v) is 3.40. The number of carbonyl (C=O) groups is 1. The van der Waals surface area contributed by atoms with Gasteiger partial charge in [0, 0.05) is 16.8 Å². The molecule has 2 N–H and O–H groups in total. The molecule has 1 amide bonds. The molecule has 29 heavy (non-hydrogen) atoms. The van der Waals surface area contributed by atoms with E-state index in [2.05, 4.69) is 16.7 Å². The van der Waals surface area contributed by atoms with E-state index in [9.17, 15) is 10.1 Å². The Balaban J connectivity index is 1.74. The number of amides is 1. The molecule has 0 aliphatic carbocycles. The number of benzene rings is 1. The van der Waals surface area contributed by atoms with Crippen molar-refractivity contribution in [2.24, 2.45) is 0 Å². The minimum atomic E-state index is -0.228. The second-order valence-electron chi connectivity index (χ2n) is 6.92. The molecule has 0 aliphatic rings. The third-order valence-electron chi connectivity index (χ3n) is 5.01. The van der Waals surface area contributed by atoms with Gasteiger partial charge in [0.25, 0.3) is 0 Å². The van der Waals surface area contributed by atoms with Gasteiger partial charge in [-0.15, -0.1) is 0 Å². The van der Waals surface area contributed by atoms with E-state index >= 15 is 0 Å². The van der Waals surface area contributed by atoms with Gasteiger partial charge in [-0.25, -0.2) is 0 Å². The Bertz CT molecular complexity index is 1050. The highest BCUT2D eigenvalue weighted by atomic mass is 35.5. The van der Waals surface area contributed by atoms with Gasteiger partial charge in [-0.05, 0) is 56.2 Å². The van der Waals surface area contributed by atoms with Gasteiger partial charge >= 0.3 is 0 Å². The Morgan fingerprint density at radius 3 is 2.76 bits per heavy atom. The number of aromatic nitrogens is 1. The zero-order chi connectivity index (χ0) is 21.0. The highest BCUT2D eigenvalue weighted by molar-refractivity contribution is 6.30. The van der Waals surface area contributed by atoms with Gasteiger partial charge in [0.2, 0.25) is 5.91 Å². The van der Waals surface area contributed by atoms with Crippen LogP contribution in [0, 0.1) is 25.2 Å². The minimum absolute atomic E-state index is 0.0479. The van der Waals surface area contributed by atoms with Crippen molar-refractivity contribution in [3.8, 4) is 6.07 Å². The van der Waals surface area contributed by atoms with Gasteiger partial charge in [-0.1, -0.05) is 23.7 Å². The first kappa shape index (κ1) is 20.7. The maximum absolute atomic E-state index is 12.6. The first-order valence-corrected chi connectivity index (χ1v) is 9.69. The SMILES string of the molecule is Cc1c(C#N)c(NC(=O)CN[C@H](C)c2cccc(Cl)c2)n(Cc2ccco2)c1C. The molecule has 6 nitrogen and oxygen atoms in total. The normalized spacial score (nSPS) is 11.8. The van der Waals surface area contributed by atoms with E-state index < -0.39 is 0 Å². The summed E-state index contributed by atoms with van der Waals surface area (Å²) in [5.74, 6) is 1.01. The molecule has 2 heterocycles. The number of rotatable bonds is 7. The summed E-state index contributed by atoms with van der Waals surface area (Å²) >= 11 is 6.04. The second kappa shape index (κ2) is 8.99. The van der Waals surface area contributed by atoms with Crippen molar-refractivity contribution in [3.05, 3.63) is 75.8 Å². The lowest BCUT2D eigenvalue weighted by atomic mass is 10.1. The highest BCUT2D eigenvalue weighted by Gasteiger charge is 2.20. The van der Waals surface area contributed by atoms with Crippen molar-refractivity contribution in [1.29, 1.82) is 5.26 Å². The lowest BCUT2D eigenvalue weighted by Crippen LogP contribution is -2.31. The fourth-order valence-electron chi connectivity index (χ4n) is 3.20. The Morgan fingerprint density at radius 2 is 2.10 bits per heavy atom. The molecule has 0 bridgehead atoms. The Labute approximate surface area is 175 Å². The van der Waals surface area contributed by atoms with Crippen LogP contribution in [0.1, 0.15) is 41.1 Å². The summed E-state index contributed by atoms with van der Waals surface area (Å²) in [6.45, 7) is 6.30. The third-order valence-corrected chi connectivity index (χ3v) is 5.25. The van der Waals surface area contributed by atoms with Crippen LogP contribution in [0.3, 0.4) is 0 Å². The molecule has 0 aliphatic heterocycles. The summed E-state index contributed by atoms with van der Waals surface area (Å²) < 4.78 is 7.33. The van der Waals surface area contributed by atoms with E-state index in [1.54, 1.807) is 6.26 Å². The quantitative estimate of drug-likeness (QED) is 0.598. The van der Waals surface area contributed by atoms with Crippen molar-refractivity contribution < 1.29 is 9.21 Å². The molecule has 150 valence electrons. The second-order valence-corrected chi connectivity index (χ2v) is 7.35. The molecular weight excluding hydrogens is 388 g/mol. The molecule has 3 rings (SSSR count). The van der Waals surface area contributed by atoms with Crippen LogP contribution in [-0.2, 0) is 11.3 Å². The number of halogens is 1. The minimum Gasteiger partial charge on any atom is -0.467 e. The number of nitriles is 1. The fraction of sp³-hybridized carbons (Fsp3) is 0.273. The molecular formula is C22H23ClN4O2. The number of nitrogens with zero attached hydrogens (tertiary/aromatic N) is 2. The van der Waals surface area contributed by atoms with Crippen LogP contribution in [0.5, 0.6) is 0 Å². The first-order valence-electron chi connectivity index (χ1n) is 9.31. The van der Waals surface area contributed by atoms with Gasteiger partial charge in [-0.2, -0.15) is 5.26 Å². The van der Waals surface area contributed by atoms with Crippen molar-refractivity contribution >= 4 is 23.3 Å². The van der Waals surface area contributed by atoms with E-state index in [0.717, 1.165) is 22.6 Å². The number of furan rings is 1. The summed E-state index contributed by atoms with van der Waals surface area (Å²) in [6.07, 6.45) is 1.60. The van der Waals surface area contributed by atoms with Crippen molar-refractivity contribution in [3.63, 3.8) is 0 Å². The van der Waals surface area contributed by atoms with E-state index in [1.165, 1.54) is 0 Å². The lowest BCUT2D eigenvalue weighted by molar-refractivity contribution is -0.115. The van der Waals surface area contributed by atoms with E-state index in [0.29, 0.717) is 22.9 Å². The maximum atomic E-state index is 12.6. The Morgan fingerprint density at radius 1 is 1.31 bits per heavy atom. The largest absolute Gasteiger partial charge is 0.467 e. The average Bonchev–Trinajstić information content (AvgIpc) is 3.29. The van der Waals surface area contributed by atoms with Crippen LogP contribution in [0.4, 0.5) is 5.82 Å². The molecule has 0 spiro atoms. The van der Waals surface area contributed by atoms with Gasteiger partial charge in [-0.3, -0.25) is 4.79 Å². The number of carbonyl (C=O) groups excluding carboxylic acids is 1. The van der Waals surface area contributed by atoms with E-state index in [-0.39, 0.29) is 18.5 Å². The predicted molar refractivity (Wildman–Crippen MR) is 113 cm³/mol. The highest BCUT2D eigenvalue weighted by Crippen LogP contribution is 2.27. The van der Waals surface area contributed by atoms with Crippen molar-refractivity contribution in [2.45, 2.75) is 33.4 Å². The molecule has 1 atom stereocenters. The third kappa shape index (κ3) is 4.70. The van der Waals surface area contributed by atoms with Crippen LogP contribution in [-0.4, -0.2) is 17.0 Å². The lowest BCUT2D eigenvalue weighted by Gasteiger charge is -2.16. The van der Waals surface area contributed by atoms with Crippen LogP contribution in [0.2, 0.25) is 5.02 Å². The molecule has 1 aromatic carbocycles. The summed E-state index contributed by atoms with van der Waals surface area (Å²) in [5, 5.41) is 16.3. The Kier molecular flexibility index (Phi) is 6.42. The molecule has 2 aromatic heterocycles. The van der Waals surface area contributed by atoms with Gasteiger partial charge in [0.05, 0.1) is 24.9 Å². The van der Waals surface area contributed by atoms with E-state index in [4.69, 9.17) is 16.0 Å². The number of nitrogens with one attached hydrogen (secondary N) is 2. The van der Waals surface area contributed by atoms with Crippen LogP contribution in [0.25, 0.3) is 0 Å². The van der Waals surface area contributed by atoms with E-state index in [1.807, 2.05) is 61.7 Å². The topological polar surface area (TPSA) is 83.0 Å². The molecule has 3 aromatic rings. The zero-order valence-electron chi connectivity index (χ0n) is 16.6. The van der Waals surface area contributed by atoms with Gasteiger partial charge < -0.3 is 19.6 Å². The first-order chi connectivity index (χ1) is 13.9. The summed E-state index contributed by atoms with van der Waals surface area (Å²) in [5.41, 5.74) is 3.21. The van der Waals surface area contributed by atoms with Gasteiger partial charge in [0.15, 0.2) is 0 Å². The summed E-state index contributed by atoms with van der Waals surface area (Å²) in [4.78, 5) is 12.6. The predicted octanol–water partition coefficient (Wildman–Crippen LogP) is 4.56.